The SMILES string of the molecule is CCC1(CF)c2cc(OOC)ccc2-c2ccc(C3CCCCC3)cc21. The van der Waals surface area contributed by atoms with E-state index in [1.54, 1.807) is 0 Å². The van der Waals surface area contributed by atoms with Gasteiger partial charge in [-0.25, -0.2) is 4.39 Å². The van der Waals surface area contributed by atoms with Crippen molar-refractivity contribution in [1.82, 2.24) is 0 Å². The molecule has 1 fully saturated rings. The third-order valence-corrected chi connectivity index (χ3v) is 6.44. The molecular formula is C23H27FO2. The van der Waals surface area contributed by atoms with Gasteiger partial charge in [0.25, 0.3) is 0 Å². The number of rotatable bonds is 5. The van der Waals surface area contributed by atoms with Crippen LogP contribution in [0.15, 0.2) is 36.4 Å². The van der Waals surface area contributed by atoms with Crippen LogP contribution in [0, 0.1) is 0 Å². The minimum Gasteiger partial charge on any atom is -0.338 e. The van der Waals surface area contributed by atoms with Gasteiger partial charge < -0.3 is 4.89 Å². The van der Waals surface area contributed by atoms with Gasteiger partial charge in [-0.2, -0.15) is 4.89 Å². The Morgan fingerprint density at radius 3 is 2.35 bits per heavy atom. The van der Waals surface area contributed by atoms with E-state index in [0.717, 1.165) is 23.1 Å². The van der Waals surface area contributed by atoms with Crippen molar-refractivity contribution < 1.29 is 14.2 Å². The summed E-state index contributed by atoms with van der Waals surface area (Å²) in [6, 6.07) is 12.7. The lowest BCUT2D eigenvalue weighted by molar-refractivity contribution is -0.178. The standard InChI is InChI=1S/C23H27FO2/c1-3-23(15-24)21-13-17(16-7-5-4-6-8-16)9-11-19(21)20-12-10-18(26-25-2)14-22(20)23/h9-14,16H,3-8,15H2,1-2H3. The molecule has 0 radical (unpaired) electrons. The quantitative estimate of drug-likeness (QED) is 0.462. The van der Waals surface area contributed by atoms with E-state index in [2.05, 4.69) is 25.1 Å². The van der Waals surface area contributed by atoms with E-state index < -0.39 is 12.1 Å². The number of hydrogen-bond donors (Lipinski definition) is 0. The summed E-state index contributed by atoms with van der Waals surface area (Å²) in [5, 5.41) is 0. The van der Waals surface area contributed by atoms with Gasteiger partial charge >= 0.3 is 0 Å². The van der Waals surface area contributed by atoms with E-state index in [1.165, 1.54) is 50.3 Å². The van der Waals surface area contributed by atoms with Gasteiger partial charge in [-0.05, 0) is 65.1 Å². The smallest absolute Gasteiger partial charge is 0.165 e. The second-order valence-electron chi connectivity index (χ2n) is 7.67. The molecule has 1 saturated carbocycles. The zero-order valence-corrected chi connectivity index (χ0v) is 15.7. The minimum atomic E-state index is -0.581. The molecule has 0 aromatic heterocycles. The predicted octanol–water partition coefficient (Wildman–Crippen LogP) is 6.32. The molecule has 2 aliphatic carbocycles. The van der Waals surface area contributed by atoms with Gasteiger partial charge in [0.05, 0.1) is 7.11 Å². The number of fused-ring (bicyclic) bond motifs is 3. The first kappa shape index (κ1) is 17.5. The second-order valence-corrected chi connectivity index (χ2v) is 7.67. The van der Waals surface area contributed by atoms with Crippen molar-refractivity contribution in [2.45, 2.75) is 56.8 Å². The molecule has 138 valence electrons. The van der Waals surface area contributed by atoms with Gasteiger partial charge in [0.2, 0.25) is 0 Å². The molecule has 2 aromatic rings. The van der Waals surface area contributed by atoms with Crippen LogP contribution in [-0.2, 0) is 10.3 Å². The molecule has 2 aromatic carbocycles. The molecule has 4 rings (SSSR count). The van der Waals surface area contributed by atoms with Crippen molar-refractivity contribution >= 4 is 0 Å². The lowest BCUT2D eigenvalue weighted by Crippen LogP contribution is -2.27. The molecule has 1 atom stereocenters. The molecule has 3 heteroatoms. The molecule has 0 N–H and O–H groups in total. The van der Waals surface area contributed by atoms with Crippen LogP contribution in [0.2, 0.25) is 0 Å². The number of benzene rings is 2. The van der Waals surface area contributed by atoms with Gasteiger partial charge in [-0.1, -0.05) is 50.5 Å². The van der Waals surface area contributed by atoms with Crippen molar-refractivity contribution in [2.24, 2.45) is 0 Å². The molecule has 0 amide bonds. The lowest BCUT2D eigenvalue weighted by atomic mass is 9.75. The van der Waals surface area contributed by atoms with E-state index in [0.29, 0.717) is 11.7 Å². The fourth-order valence-electron chi connectivity index (χ4n) is 4.95. The highest BCUT2D eigenvalue weighted by Gasteiger charge is 2.42. The average molecular weight is 354 g/mol. The molecule has 0 heterocycles. The van der Waals surface area contributed by atoms with Gasteiger partial charge in [0.15, 0.2) is 5.75 Å². The summed E-state index contributed by atoms with van der Waals surface area (Å²) in [5.41, 5.74) is 5.27. The fraction of sp³-hybridized carbons (Fsp3) is 0.478. The zero-order chi connectivity index (χ0) is 18.1. The summed E-state index contributed by atoms with van der Waals surface area (Å²) in [6.45, 7) is 1.68. The first-order valence-electron chi connectivity index (χ1n) is 9.79. The van der Waals surface area contributed by atoms with Gasteiger partial charge in [-0.15, -0.1) is 0 Å². The summed E-state index contributed by atoms with van der Waals surface area (Å²) in [5.74, 6) is 1.25. The highest BCUT2D eigenvalue weighted by atomic mass is 19.1. The summed E-state index contributed by atoms with van der Waals surface area (Å²) < 4.78 is 14.5. The normalized spacial score (nSPS) is 22.1. The Hall–Kier alpha value is -1.87. The van der Waals surface area contributed by atoms with Gasteiger partial charge in [0, 0.05) is 5.41 Å². The minimum absolute atomic E-state index is 0.395. The van der Waals surface area contributed by atoms with Crippen molar-refractivity contribution in [3.05, 3.63) is 53.1 Å². The highest BCUT2D eigenvalue weighted by molar-refractivity contribution is 5.82. The van der Waals surface area contributed by atoms with Crippen LogP contribution in [0.5, 0.6) is 5.75 Å². The average Bonchev–Trinajstić information content (AvgIpc) is 2.98. The van der Waals surface area contributed by atoms with Crippen LogP contribution in [0.4, 0.5) is 4.39 Å². The third-order valence-electron chi connectivity index (χ3n) is 6.44. The third kappa shape index (κ3) is 2.64. The lowest BCUT2D eigenvalue weighted by Gasteiger charge is -2.29. The summed E-state index contributed by atoms with van der Waals surface area (Å²) in [6.07, 6.45) is 7.20. The summed E-state index contributed by atoms with van der Waals surface area (Å²) >= 11 is 0. The monoisotopic (exact) mass is 354 g/mol. The van der Waals surface area contributed by atoms with Gasteiger partial charge in [-0.3, -0.25) is 0 Å². The molecule has 1 unspecified atom stereocenters. The number of alkyl halides is 1. The van der Waals surface area contributed by atoms with Crippen molar-refractivity contribution in [3.8, 4) is 16.9 Å². The largest absolute Gasteiger partial charge is 0.338 e. The van der Waals surface area contributed by atoms with E-state index in [4.69, 9.17) is 9.78 Å². The second kappa shape index (κ2) is 7.03. The maximum atomic E-state index is 14.5. The molecular weight excluding hydrogens is 327 g/mol. The van der Waals surface area contributed by atoms with Crippen molar-refractivity contribution in [2.75, 3.05) is 13.8 Å². The van der Waals surface area contributed by atoms with Crippen LogP contribution in [-0.4, -0.2) is 13.8 Å². The van der Waals surface area contributed by atoms with Crippen LogP contribution in [0.1, 0.15) is 68.1 Å². The molecule has 2 aliphatic rings. The summed E-state index contributed by atoms with van der Waals surface area (Å²) in [4.78, 5) is 10.0. The highest BCUT2D eigenvalue weighted by Crippen LogP contribution is 2.53. The van der Waals surface area contributed by atoms with Crippen LogP contribution in [0.3, 0.4) is 0 Å². The van der Waals surface area contributed by atoms with Crippen LogP contribution in [0.25, 0.3) is 11.1 Å². The Morgan fingerprint density at radius 1 is 1.00 bits per heavy atom. The number of halogens is 1. The van der Waals surface area contributed by atoms with E-state index in [-0.39, 0.29) is 0 Å². The van der Waals surface area contributed by atoms with E-state index in [1.807, 2.05) is 18.2 Å². The Balaban J connectivity index is 1.83. The Labute approximate surface area is 155 Å². The maximum absolute atomic E-state index is 14.5. The molecule has 0 bridgehead atoms. The van der Waals surface area contributed by atoms with E-state index in [9.17, 15) is 4.39 Å². The maximum Gasteiger partial charge on any atom is 0.165 e. The molecule has 26 heavy (non-hydrogen) atoms. The first-order chi connectivity index (χ1) is 12.7. The van der Waals surface area contributed by atoms with E-state index >= 15 is 0 Å². The zero-order valence-electron chi connectivity index (χ0n) is 15.7. The summed E-state index contributed by atoms with van der Waals surface area (Å²) in [7, 11) is 1.49. The van der Waals surface area contributed by atoms with Crippen molar-refractivity contribution in [3.63, 3.8) is 0 Å². The first-order valence-corrected chi connectivity index (χ1v) is 9.79. The fourth-order valence-corrected chi connectivity index (χ4v) is 4.95. The van der Waals surface area contributed by atoms with Gasteiger partial charge in [0.1, 0.15) is 6.67 Å². The predicted molar refractivity (Wildman–Crippen MR) is 102 cm³/mol. The number of hydrogen-bond acceptors (Lipinski definition) is 2. The van der Waals surface area contributed by atoms with Crippen molar-refractivity contribution in [1.29, 1.82) is 0 Å². The molecule has 0 aliphatic heterocycles. The van der Waals surface area contributed by atoms with Crippen LogP contribution < -0.4 is 4.89 Å². The topological polar surface area (TPSA) is 18.5 Å². The van der Waals surface area contributed by atoms with Crippen LogP contribution >= 0.6 is 0 Å². The molecule has 0 saturated heterocycles. The Kier molecular flexibility index (Phi) is 4.74. The Morgan fingerprint density at radius 2 is 1.69 bits per heavy atom. The Bertz CT molecular complexity index is 789. The molecule has 2 nitrogen and oxygen atoms in total. The molecule has 0 spiro atoms.